The van der Waals surface area contributed by atoms with Crippen LogP contribution in [0.3, 0.4) is 0 Å². The lowest BCUT2D eigenvalue weighted by molar-refractivity contribution is 0.0322. The lowest BCUT2D eigenvalue weighted by Gasteiger charge is -2.26. The van der Waals surface area contributed by atoms with Crippen LogP contribution in [-0.4, -0.2) is 73.9 Å². The summed E-state index contributed by atoms with van der Waals surface area (Å²) in [6, 6.07) is 14.0. The Balaban J connectivity index is 1.21. The zero-order valence-electron chi connectivity index (χ0n) is 19.0. The number of furan rings is 1. The van der Waals surface area contributed by atoms with E-state index in [0.717, 1.165) is 50.0 Å². The number of amides is 2. The Morgan fingerprint density at radius 1 is 1.00 bits per heavy atom. The van der Waals surface area contributed by atoms with E-state index in [-0.39, 0.29) is 24.8 Å². The molecule has 3 aromatic rings. The third-order valence-corrected chi connectivity index (χ3v) is 6.06. The fraction of sp³-hybridized carbons (Fsp3) is 0.333. The van der Waals surface area contributed by atoms with E-state index in [1.165, 1.54) is 0 Å². The second kappa shape index (κ2) is 12.5. The van der Waals surface area contributed by atoms with Crippen LogP contribution in [0.2, 0.25) is 0 Å². The number of carbonyl (C=O) groups is 2. The van der Waals surface area contributed by atoms with Gasteiger partial charge < -0.3 is 23.9 Å². The van der Waals surface area contributed by atoms with Crippen molar-refractivity contribution in [3.63, 3.8) is 0 Å². The maximum Gasteiger partial charge on any atom is 0.307 e. The Bertz CT molecular complexity index is 1130. The van der Waals surface area contributed by atoms with E-state index < -0.39 is 5.24 Å². The molecule has 1 saturated heterocycles. The number of carbonyl (C=O) groups excluding carboxylic acids is 2. The maximum atomic E-state index is 12.5. The van der Waals surface area contributed by atoms with E-state index in [4.69, 9.17) is 23.8 Å². The van der Waals surface area contributed by atoms with Gasteiger partial charge in [0.1, 0.15) is 30.3 Å². The average molecular weight is 502 g/mol. The molecule has 186 valence electrons. The van der Waals surface area contributed by atoms with Crippen LogP contribution in [0.25, 0.3) is 11.0 Å². The normalized spacial score (nSPS) is 14.0. The molecule has 0 spiro atoms. The third kappa shape index (κ3) is 7.36. The molecule has 2 heterocycles. The molecule has 2 aromatic carbocycles. The van der Waals surface area contributed by atoms with Crippen LogP contribution in [0.4, 0.5) is 4.79 Å². The second-order valence-electron chi connectivity index (χ2n) is 7.69. The van der Waals surface area contributed by atoms with Gasteiger partial charge in [-0.05, 0) is 54.2 Å². The van der Waals surface area contributed by atoms with Gasteiger partial charge in [-0.1, -0.05) is 0 Å². The van der Waals surface area contributed by atoms with Gasteiger partial charge in [-0.3, -0.25) is 19.7 Å². The minimum absolute atomic E-state index is 0.217. The summed E-state index contributed by atoms with van der Waals surface area (Å²) in [6.07, 6.45) is 0. The molecule has 4 rings (SSSR count). The van der Waals surface area contributed by atoms with Gasteiger partial charge in [-0.15, -0.1) is 0 Å². The highest BCUT2D eigenvalue weighted by Crippen LogP contribution is 2.25. The molecule has 35 heavy (non-hydrogen) atoms. The predicted octanol–water partition coefficient (Wildman–Crippen LogP) is 3.14. The first kappa shape index (κ1) is 24.9. The van der Waals surface area contributed by atoms with Gasteiger partial charge in [-0.2, -0.15) is 0 Å². The molecule has 0 aliphatic carbocycles. The summed E-state index contributed by atoms with van der Waals surface area (Å²) in [5, 5.41) is 11.6. The fourth-order valence-corrected chi connectivity index (χ4v) is 4.02. The van der Waals surface area contributed by atoms with Crippen molar-refractivity contribution in [2.75, 3.05) is 52.6 Å². The van der Waals surface area contributed by atoms with E-state index in [1.54, 1.807) is 41.9 Å². The summed E-state index contributed by atoms with van der Waals surface area (Å²) in [6.45, 7) is 5.30. The van der Waals surface area contributed by atoms with Gasteiger partial charge in [0, 0.05) is 36.0 Å². The molecule has 1 aromatic heterocycles. The summed E-state index contributed by atoms with van der Waals surface area (Å²) in [5.74, 6) is 1.18. The number of hydroxylamine groups is 1. The number of morpholine rings is 1. The number of nitrogens with zero attached hydrogens (tertiary/aromatic N) is 1. The molecule has 1 aliphatic heterocycles. The lowest BCUT2D eigenvalue weighted by Crippen LogP contribution is -2.38. The summed E-state index contributed by atoms with van der Waals surface area (Å²) in [4.78, 5) is 26.6. The van der Waals surface area contributed by atoms with Crippen LogP contribution < -0.4 is 20.3 Å². The summed E-state index contributed by atoms with van der Waals surface area (Å²) < 4.78 is 22.5. The van der Waals surface area contributed by atoms with Crippen LogP contribution in [-0.2, 0) is 4.74 Å². The molecule has 0 saturated carbocycles. The molecule has 0 unspecified atom stereocenters. The lowest BCUT2D eigenvalue weighted by atomic mass is 10.2. The van der Waals surface area contributed by atoms with Crippen molar-refractivity contribution in [2.24, 2.45) is 0 Å². The highest BCUT2D eigenvalue weighted by molar-refractivity contribution is 8.13. The predicted molar refractivity (Wildman–Crippen MR) is 129 cm³/mol. The highest BCUT2D eigenvalue weighted by atomic mass is 32.2. The van der Waals surface area contributed by atoms with Gasteiger partial charge in [0.05, 0.1) is 19.8 Å². The molecule has 0 atom stereocenters. The monoisotopic (exact) mass is 501 g/mol. The Labute approximate surface area is 206 Å². The summed E-state index contributed by atoms with van der Waals surface area (Å²) in [7, 11) is 0. The SMILES string of the molecule is O=C(NO)Sc1ccc(OCCNC(=O)c2cc3ccc(OCCN4CCOCC4)cc3o2)cc1. The molecule has 10 nitrogen and oxygen atoms in total. The average Bonchev–Trinajstić information content (AvgIpc) is 3.32. The van der Waals surface area contributed by atoms with Crippen LogP contribution in [0.5, 0.6) is 11.5 Å². The number of benzene rings is 2. The number of ether oxygens (including phenoxy) is 3. The fourth-order valence-electron chi connectivity index (χ4n) is 3.48. The minimum Gasteiger partial charge on any atom is -0.492 e. The van der Waals surface area contributed by atoms with Crippen molar-refractivity contribution >= 4 is 33.9 Å². The Morgan fingerprint density at radius 3 is 2.51 bits per heavy atom. The van der Waals surface area contributed by atoms with Crippen LogP contribution in [0.15, 0.2) is 57.8 Å². The number of thioether (sulfide) groups is 1. The van der Waals surface area contributed by atoms with Gasteiger partial charge in [0.25, 0.3) is 5.91 Å². The van der Waals surface area contributed by atoms with Gasteiger partial charge in [0.2, 0.25) is 0 Å². The highest BCUT2D eigenvalue weighted by Gasteiger charge is 2.13. The summed E-state index contributed by atoms with van der Waals surface area (Å²) >= 11 is 0.857. The maximum absolute atomic E-state index is 12.5. The van der Waals surface area contributed by atoms with Gasteiger partial charge >= 0.3 is 5.24 Å². The first-order valence-electron chi connectivity index (χ1n) is 11.2. The van der Waals surface area contributed by atoms with E-state index in [9.17, 15) is 9.59 Å². The number of nitrogens with one attached hydrogen (secondary N) is 2. The number of hydrogen-bond donors (Lipinski definition) is 3. The summed E-state index contributed by atoms with van der Waals surface area (Å²) in [5.41, 5.74) is 2.14. The molecule has 3 N–H and O–H groups in total. The molecule has 11 heteroatoms. The van der Waals surface area contributed by atoms with Crippen molar-refractivity contribution in [2.45, 2.75) is 4.90 Å². The quantitative estimate of drug-likeness (QED) is 0.166. The standard InChI is InChI=1S/C24H27N3O7S/c28-23(25-7-11-32-18-3-5-20(6-4-18)35-24(29)26-30)22-15-17-1-2-19(16-21(17)34-22)33-14-10-27-8-12-31-13-9-27/h1-6,15-16,30H,7-14H2,(H,25,28)(H,26,29). The molecular formula is C24H27N3O7S. The number of hydrogen-bond acceptors (Lipinski definition) is 9. The molecule has 1 fully saturated rings. The van der Waals surface area contributed by atoms with Crippen molar-refractivity contribution in [1.82, 2.24) is 15.7 Å². The topological polar surface area (TPSA) is 122 Å². The Morgan fingerprint density at radius 2 is 1.74 bits per heavy atom. The molecule has 0 radical (unpaired) electrons. The van der Waals surface area contributed by atoms with Crippen molar-refractivity contribution in [3.05, 3.63) is 54.3 Å². The van der Waals surface area contributed by atoms with Crippen LogP contribution in [0.1, 0.15) is 10.6 Å². The zero-order valence-corrected chi connectivity index (χ0v) is 19.8. The van der Waals surface area contributed by atoms with Crippen LogP contribution in [0, 0.1) is 0 Å². The van der Waals surface area contributed by atoms with E-state index in [2.05, 4.69) is 10.2 Å². The van der Waals surface area contributed by atoms with Crippen molar-refractivity contribution in [3.8, 4) is 11.5 Å². The minimum atomic E-state index is -0.570. The zero-order chi connectivity index (χ0) is 24.5. The van der Waals surface area contributed by atoms with E-state index in [0.29, 0.717) is 28.6 Å². The van der Waals surface area contributed by atoms with Crippen molar-refractivity contribution in [1.29, 1.82) is 0 Å². The molecule has 1 aliphatic rings. The number of fused-ring (bicyclic) bond motifs is 1. The van der Waals surface area contributed by atoms with Crippen molar-refractivity contribution < 1.29 is 33.4 Å². The Hall–Kier alpha value is -3.25. The van der Waals surface area contributed by atoms with Crippen LogP contribution >= 0.6 is 11.8 Å². The third-order valence-electron chi connectivity index (χ3n) is 5.28. The first-order valence-corrected chi connectivity index (χ1v) is 12.0. The first-order chi connectivity index (χ1) is 17.1. The molecule has 2 amide bonds. The van der Waals surface area contributed by atoms with E-state index >= 15 is 0 Å². The Kier molecular flexibility index (Phi) is 8.85. The second-order valence-corrected chi connectivity index (χ2v) is 8.74. The molecule has 0 bridgehead atoms. The van der Waals surface area contributed by atoms with Gasteiger partial charge in [-0.25, -0.2) is 5.48 Å². The van der Waals surface area contributed by atoms with Gasteiger partial charge in [0.15, 0.2) is 5.76 Å². The molecular weight excluding hydrogens is 474 g/mol. The largest absolute Gasteiger partial charge is 0.492 e. The smallest absolute Gasteiger partial charge is 0.307 e. The van der Waals surface area contributed by atoms with E-state index in [1.807, 2.05) is 12.1 Å². The number of rotatable bonds is 10.